The summed E-state index contributed by atoms with van der Waals surface area (Å²) < 4.78 is 5.12. The molecule has 3 heterocycles. The molecule has 2 N–H and O–H groups in total. The highest BCUT2D eigenvalue weighted by atomic mass is 16.5. The van der Waals surface area contributed by atoms with Gasteiger partial charge < -0.3 is 10.1 Å². The highest BCUT2D eigenvalue weighted by molar-refractivity contribution is 6.15. The number of imide groups is 1. The number of carbonyl (C=O) groups is 3. The van der Waals surface area contributed by atoms with Crippen LogP contribution in [0.1, 0.15) is 28.7 Å². The summed E-state index contributed by atoms with van der Waals surface area (Å²) in [6, 6.07) is 13.5. The Morgan fingerprint density at radius 3 is 2.52 bits per heavy atom. The van der Waals surface area contributed by atoms with Crippen LogP contribution in [0, 0.1) is 25.7 Å². The van der Waals surface area contributed by atoms with Crippen LogP contribution in [0.2, 0.25) is 0 Å². The minimum absolute atomic E-state index is 0.198. The maximum absolute atomic E-state index is 13.7. The van der Waals surface area contributed by atoms with E-state index in [9.17, 15) is 14.4 Å². The minimum atomic E-state index is -1.25. The molecule has 2 saturated heterocycles. The van der Waals surface area contributed by atoms with Gasteiger partial charge in [0.2, 0.25) is 17.7 Å². The average molecular weight is 448 g/mol. The number of anilines is 1. The number of nitrogens with zero attached hydrogens (tertiary/aromatic N) is 1. The predicted molar refractivity (Wildman–Crippen MR) is 123 cm³/mol. The van der Waals surface area contributed by atoms with Crippen LogP contribution in [0.25, 0.3) is 0 Å². The molecule has 4 atom stereocenters. The molecule has 1 spiro atoms. The number of benzene rings is 2. The fourth-order valence-electron chi connectivity index (χ4n) is 5.81. The predicted octanol–water partition coefficient (Wildman–Crippen LogP) is 2.30. The molecule has 172 valence electrons. The second-order valence-electron chi connectivity index (χ2n) is 9.31. The van der Waals surface area contributed by atoms with Crippen LogP contribution in [0.5, 0.6) is 0 Å². The van der Waals surface area contributed by atoms with Crippen molar-refractivity contribution in [2.24, 2.45) is 11.8 Å². The molecule has 3 aliphatic rings. The number of likely N-dealkylation sites (tertiary alicyclic amines) is 1. The van der Waals surface area contributed by atoms with Crippen LogP contribution < -0.4 is 10.6 Å². The van der Waals surface area contributed by atoms with Gasteiger partial charge in [-0.1, -0.05) is 42.5 Å². The Balaban J connectivity index is 1.60. The summed E-state index contributed by atoms with van der Waals surface area (Å²) in [5.74, 6) is -2.10. The normalized spacial score (nSPS) is 27.9. The van der Waals surface area contributed by atoms with E-state index in [0.717, 1.165) is 27.9 Å². The number of carbonyl (C=O) groups excluding carboxylic acids is 3. The molecule has 7 heteroatoms. The topological polar surface area (TPSA) is 87.7 Å². The Morgan fingerprint density at radius 2 is 1.79 bits per heavy atom. The van der Waals surface area contributed by atoms with Crippen molar-refractivity contribution in [3.63, 3.8) is 0 Å². The molecule has 0 saturated carbocycles. The fraction of sp³-hybridized carbons (Fsp3) is 0.423. The lowest BCUT2D eigenvalue weighted by atomic mass is 9.75. The SMILES string of the molecule is COCCCN1C(=O)C2C(Cc3ccccc3)NC3(C(=O)Nc4c3ccc(C)c4C)C2C1=O. The van der Waals surface area contributed by atoms with Gasteiger partial charge >= 0.3 is 0 Å². The number of nitrogens with one attached hydrogen (secondary N) is 2. The average Bonchev–Trinajstić information content (AvgIpc) is 3.38. The van der Waals surface area contributed by atoms with Crippen LogP contribution in [0.4, 0.5) is 5.69 Å². The quantitative estimate of drug-likeness (QED) is 0.524. The lowest BCUT2D eigenvalue weighted by Crippen LogP contribution is -2.53. The molecule has 3 aliphatic heterocycles. The number of aryl methyl sites for hydroxylation is 1. The molecule has 2 aromatic rings. The first-order chi connectivity index (χ1) is 15.9. The number of methoxy groups -OCH3 is 1. The lowest BCUT2D eigenvalue weighted by molar-refractivity contribution is -0.143. The lowest BCUT2D eigenvalue weighted by Gasteiger charge is -2.29. The van der Waals surface area contributed by atoms with Gasteiger partial charge in [-0.2, -0.15) is 0 Å². The molecule has 2 aromatic carbocycles. The summed E-state index contributed by atoms with van der Waals surface area (Å²) in [4.78, 5) is 42.2. The first-order valence-electron chi connectivity index (χ1n) is 11.5. The van der Waals surface area contributed by atoms with Gasteiger partial charge in [-0.05, 0) is 43.4 Å². The maximum Gasteiger partial charge on any atom is 0.250 e. The molecule has 5 rings (SSSR count). The Bertz CT molecular complexity index is 1130. The Hall–Kier alpha value is -3.03. The third-order valence-corrected chi connectivity index (χ3v) is 7.54. The van der Waals surface area contributed by atoms with E-state index in [4.69, 9.17) is 4.74 Å². The van der Waals surface area contributed by atoms with Crippen LogP contribution in [-0.2, 0) is 31.1 Å². The highest BCUT2D eigenvalue weighted by Gasteiger charge is 2.70. The molecule has 7 nitrogen and oxygen atoms in total. The zero-order chi connectivity index (χ0) is 23.3. The van der Waals surface area contributed by atoms with Crippen molar-refractivity contribution in [2.75, 3.05) is 25.6 Å². The van der Waals surface area contributed by atoms with Crippen LogP contribution in [0.15, 0.2) is 42.5 Å². The number of rotatable bonds is 6. The smallest absolute Gasteiger partial charge is 0.250 e. The number of ether oxygens (including phenoxy) is 1. The van der Waals surface area contributed by atoms with Crippen molar-refractivity contribution in [3.05, 3.63) is 64.7 Å². The van der Waals surface area contributed by atoms with Crippen LogP contribution in [0.3, 0.4) is 0 Å². The van der Waals surface area contributed by atoms with Gasteiger partial charge in [-0.3, -0.25) is 24.6 Å². The summed E-state index contributed by atoms with van der Waals surface area (Å²) >= 11 is 0. The minimum Gasteiger partial charge on any atom is -0.385 e. The zero-order valence-electron chi connectivity index (χ0n) is 19.2. The molecule has 2 fully saturated rings. The van der Waals surface area contributed by atoms with Crippen molar-refractivity contribution in [2.45, 2.75) is 38.3 Å². The monoisotopic (exact) mass is 447 g/mol. The third kappa shape index (κ3) is 3.14. The van der Waals surface area contributed by atoms with E-state index in [-0.39, 0.29) is 23.8 Å². The molecule has 0 aliphatic carbocycles. The molecule has 33 heavy (non-hydrogen) atoms. The Morgan fingerprint density at radius 1 is 1.03 bits per heavy atom. The maximum atomic E-state index is 13.7. The second-order valence-corrected chi connectivity index (χ2v) is 9.31. The highest BCUT2D eigenvalue weighted by Crippen LogP contribution is 2.54. The zero-order valence-corrected chi connectivity index (χ0v) is 19.2. The number of fused-ring (bicyclic) bond motifs is 4. The Labute approximate surface area is 193 Å². The van der Waals surface area contributed by atoms with E-state index in [1.54, 1.807) is 7.11 Å². The van der Waals surface area contributed by atoms with Crippen LogP contribution >= 0.6 is 0 Å². The van der Waals surface area contributed by atoms with Crippen molar-refractivity contribution < 1.29 is 19.1 Å². The van der Waals surface area contributed by atoms with E-state index in [1.165, 1.54) is 4.90 Å². The molecule has 0 bridgehead atoms. The summed E-state index contributed by atoms with van der Waals surface area (Å²) in [6.07, 6.45) is 1.13. The summed E-state index contributed by atoms with van der Waals surface area (Å²) in [5, 5.41) is 6.55. The van der Waals surface area contributed by atoms with Crippen molar-refractivity contribution in [3.8, 4) is 0 Å². The van der Waals surface area contributed by atoms with E-state index >= 15 is 0 Å². The first kappa shape index (κ1) is 21.8. The third-order valence-electron chi connectivity index (χ3n) is 7.54. The fourth-order valence-corrected chi connectivity index (χ4v) is 5.81. The van der Waals surface area contributed by atoms with Gasteiger partial charge in [0.1, 0.15) is 5.54 Å². The summed E-state index contributed by atoms with van der Waals surface area (Å²) in [7, 11) is 1.60. The first-order valence-corrected chi connectivity index (χ1v) is 11.5. The van der Waals surface area contributed by atoms with E-state index in [0.29, 0.717) is 26.0 Å². The van der Waals surface area contributed by atoms with Crippen LogP contribution in [-0.4, -0.2) is 48.9 Å². The standard InChI is InChI=1S/C26H29N3O4/c1-15-10-11-18-22(16(15)2)27-25(32)26(18)21-20(19(28-26)14-17-8-5-4-6-9-17)23(30)29(24(21)31)12-7-13-33-3/h4-6,8-11,19-21,28H,7,12-14H2,1-3H3,(H,27,32). The number of amides is 3. The summed E-state index contributed by atoms with van der Waals surface area (Å²) in [6.45, 7) is 4.73. The molecular weight excluding hydrogens is 418 g/mol. The van der Waals surface area contributed by atoms with Crippen molar-refractivity contribution in [1.82, 2.24) is 10.2 Å². The van der Waals surface area contributed by atoms with Crippen molar-refractivity contribution in [1.29, 1.82) is 0 Å². The van der Waals surface area contributed by atoms with Gasteiger partial charge in [0.25, 0.3) is 0 Å². The van der Waals surface area contributed by atoms with E-state index in [2.05, 4.69) is 10.6 Å². The Kier molecular flexibility index (Phi) is 5.34. The number of hydrogen-bond acceptors (Lipinski definition) is 5. The van der Waals surface area contributed by atoms with Gasteiger partial charge in [0, 0.05) is 37.6 Å². The summed E-state index contributed by atoms with van der Waals surface area (Å²) in [5.41, 5.74) is 3.38. The molecule has 0 radical (unpaired) electrons. The van der Waals surface area contributed by atoms with Gasteiger partial charge in [0.05, 0.1) is 11.8 Å². The molecule has 0 aromatic heterocycles. The van der Waals surface area contributed by atoms with Crippen molar-refractivity contribution >= 4 is 23.4 Å². The molecule has 3 amide bonds. The molecule has 4 unspecified atom stereocenters. The molecular formula is C26H29N3O4. The van der Waals surface area contributed by atoms with E-state index < -0.39 is 17.4 Å². The van der Waals surface area contributed by atoms with E-state index in [1.807, 2.05) is 56.3 Å². The van der Waals surface area contributed by atoms with Gasteiger partial charge in [-0.25, -0.2) is 0 Å². The number of hydrogen-bond donors (Lipinski definition) is 2. The van der Waals surface area contributed by atoms with Gasteiger partial charge in [0.15, 0.2) is 0 Å². The van der Waals surface area contributed by atoms with Gasteiger partial charge in [-0.15, -0.1) is 0 Å². The largest absolute Gasteiger partial charge is 0.385 e. The second kappa shape index (κ2) is 8.08.